The number of carboxylic acid groups (broad SMARTS) is 1. The summed E-state index contributed by atoms with van der Waals surface area (Å²) in [5, 5.41) is 16.7. The first kappa shape index (κ1) is 24.4. The Kier molecular flexibility index (Phi) is 7.77. The lowest BCUT2D eigenvalue weighted by molar-refractivity contribution is -0.139. The van der Waals surface area contributed by atoms with Crippen molar-refractivity contribution in [2.24, 2.45) is 0 Å². The molecule has 2 aromatic carbocycles. The number of fused-ring (bicyclic) bond motifs is 3. The Labute approximate surface area is 207 Å². The van der Waals surface area contributed by atoms with E-state index in [2.05, 4.69) is 39.9 Å². The van der Waals surface area contributed by atoms with Crippen LogP contribution in [0, 0.1) is 0 Å². The molecule has 1 aliphatic carbocycles. The number of carbonyl (C=O) groups excluding carboxylic acids is 2. The van der Waals surface area contributed by atoms with E-state index >= 15 is 0 Å². The van der Waals surface area contributed by atoms with Crippen LogP contribution in [0.15, 0.2) is 53.9 Å². The van der Waals surface area contributed by atoms with Crippen LogP contribution >= 0.6 is 11.3 Å². The average Bonchev–Trinajstić information content (AvgIpc) is 3.45. The van der Waals surface area contributed by atoms with E-state index in [-0.39, 0.29) is 18.2 Å². The molecule has 182 valence electrons. The average molecular weight is 494 g/mol. The molecule has 8 nitrogen and oxygen atoms in total. The van der Waals surface area contributed by atoms with Gasteiger partial charge in [0.1, 0.15) is 18.3 Å². The summed E-state index contributed by atoms with van der Waals surface area (Å²) in [4.78, 5) is 40.1. The molecule has 0 radical (unpaired) electrons. The first-order valence-corrected chi connectivity index (χ1v) is 12.4. The Morgan fingerprint density at radius 3 is 2.37 bits per heavy atom. The Hall–Kier alpha value is -3.72. The number of amides is 2. The van der Waals surface area contributed by atoms with E-state index in [0.29, 0.717) is 30.8 Å². The summed E-state index contributed by atoms with van der Waals surface area (Å²) >= 11 is 1.29. The minimum Gasteiger partial charge on any atom is -0.480 e. The van der Waals surface area contributed by atoms with Crippen LogP contribution in [0.25, 0.3) is 11.1 Å². The highest BCUT2D eigenvalue weighted by atomic mass is 32.1. The minimum absolute atomic E-state index is 0.00415. The molecule has 0 bridgehead atoms. The van der Waals surface area contributed by atoms with Crippen LogP contribution in [0.4, 0.5) is 4.79 Å². The molecule has 0 saturated heterocycles. The highest BCUT2D eigenvalue weighted by molar-refractivity contribution is 7.09. The number of thiazole rings is 1. The molecule has 35 heavy (non-hydrogen) atoms. The van der Waals surface area contributed by atoms with Gasteiger partial charge in [-0.05, 0) is 28.7 Å². The van der Waals surface area contributed by atoms with Crippen LogP contribution < -0.4 is 10.6 Å². The van der Waals surface area contributed by atoms with Crippen LogP contribution in [0.5, 0.6) is 0 Å². The van der Waals surface area contributed by atoms with Gasteiger partial charge in [-0.15, -0.1) is 11.3 Å². The number of hydrogen-bond donors (Lipinski definition) is 3. The highest BCUT2D eigenvalue weighted by Gasteiger charge is 2.29. The van der Waals surface area contributed by atoms with Crippen LogP contribution in [0.3, 0.4) is 0 Å². The van der Waals surface area contributed by atoms with Gasteiger partial charge in [-0.3, -0.25) is 4.79 Å². The number of nitrogens with one attached hydrogen (secondary N) is 2. The summed E-state index contributed by atoms with van der Waals surface area (Å²) in [6, 6.07) is 15.4. The molecule has 1 heterocycles. The maximum atomic E-state index is 12.3. The largest absolute Gasteiger partial charge is 0.480 e. The van der Waals surface area contributed by atoms with Crippen molar-refractivity contribution in [1.29, 1.82) is 0 Å². The van der Waals surface area contributed by atoms with Gasteiger partial charge in [0.25, 0.3) is 5.91 Å². The monoisotopic (exact) mass is 493 g/mol. The molecule has 1 aliphatic rings. The molecule has 3 aromatic rings. The van der Waals surface area contributed by atoms with Gasteiger partial charge in [-0.2, -0.15) is 0 Å². The number of ether oxygens (including phenoxy) is 1. The molecule has 0 saturated carbocycles. The molecule has 3 N–H and O–H groups in total. The van der Waals surface area contributed by atoms with Crippen molar-refractivity contribution >= 4 is 29.3 Å². The van der Waals surface area contributed by atoms with Crippen LogP contribution in [-0.4, -0.2) is 47.3 Å². The summed E-state index contributed by atoms with van der Waals surface area (Å²) in [7, 11) is 0. The summed E-state index contributed by atoms with van der Waals surface area (Å²) in [6.07, 6.45) is 0.910. The molecule has 1 atom stereocenters. The number of carbonyl (C=O) groups is 3. The van der Waals surface area contributed by atoms with E-state index in [4.69, 9.17) is 4.74 Å². The third-order valence-electron chi connectivity index (χ3n) is 5.92. The zero-order chi connectivity index (χ0) is 24.8. The second-order valence-corrected chi connectivity index (χ2v) is 9.22. The van der Waals surface area contributed by atoms with Crippen LogP contribution in [-0.2, 0) is 16.0 Å². The summed E-state index contributed by atoms with van der Waals surface area (Å²) in [5.74, 6) is -1.59. The van der Waals surface area contributed by atoms with Crippen molar-refractivity contribution in [2.75, 3.05) is 13.2 Å². The van der Waals surface area contributed by atoms with Crippen molar-refractivity contribution in [1.82, 2.24) is 15.6 Å². The zero-order valence-electron chi connectivity index (χ0n) is 19.3. The van der Waals surface area contributed by atoms with E-state index in [1.807, 2.05) is 31.2 Å². The van der Waals surface area contributed by atoms with Crippen LogP contribution in [0.2, 0.25) is 0 Å². The number of hydrogen-bond acceptors (Lipinski definition) is 6. The number of alkyl carbamates (subject to hydrolysis) is 1. The Morgan fingerprint density at radius 1 is 1.09 bits per heavy atom. The number of benzene rings is 2. The molecule has 9 heteroatoms. The van der Waals surface area contributed by atoms with E-state index in [0.717, 1.165) is 11.1 Å². The molecule has 4 rings (SSSR count). The fraction of sp³-hybridized carbons (Fsp3) is 0.308. The maximum absolute atomic E-state index is 12.3. The van der Waals surface area contributed by atoms with E-state index in [9.17, 15) is 19.5 Å². The van der Waals surface area contributed by atoms with Gasteiger partial charge in [0.2, 0.25) is 0 Å². The van der Waals surface area contributed by atoms with Gasteiger partial charge in [-0.1, -0.05) is 61.9 Å². The summed E-state index contributed by atoms with van der Waals surface area (Å²) in [5.41, 5.74) is 4.82. The Bertz CT molecular complexity index is 1180. The van der Waals surface area contributed by atoms with Gasteiger partial charge in [0.05, 0.1) is 5.01 Å². The SMILES string of the molecule is CCC[C@H](NC(=O)c1csc(CCNC(=O)OCC2c3ccccc3-c3ccccc32)n1)C(=O)O. The Balaban J connectivity index is 1.25. The second-order valence-electron chi connectivity index (χ2n) is 8.28. The normalized spacial score (nSPS) is 12.9. The smallest absolute Gasteiger partial charge is 0.407 e. The molecule has 0 fully saturated rings. The fourth-order valence-corrected chi connectivity index (χ4v) is 5.01. The summed E-state index contributed by atoms with van der Waals surface area (Å²) in [6.45, 7) is 2.40. The van der Waals surface area contributed by atoms with E-state index in [1.54, 1.807) is 5.38 Å². The lowest BCUT2D eigenvalue weighted by Gasteiger charge is -2.14. The summed E-state index contributed by atoms with van der Waals surface area (Å²) < 4.78 is 5.52. The lowest BCUT2D eigenvalue weighted by Crippen LogP contribution is -2.40. The van der Waals surface area contributed by atoms with Crippen molar-refractivity contribution in [3.05, 3.63) is 75.7 Å². The quantitative estimate of drug-likeness (QED) is 0.390. The topological polar surface area (TPSA) is 118 Å². The molecule has 0 aliphatic heterocycles. The fourth-order valence-electron chi connectivity index (χ4n) is 4.23. The molecule has 2 amide bonds. The molecule has 0 spiro atoms. The van der Waals surface area contributed by atoms with Gasteiger partial charge in [0, 0.05) is 24.3 Å². The van der Waals surface area contributed by atoms with Gasteiger partial charge in [-0.25, -0.2) is 14.6 Å². The van der Waals surface area contributed by atoms with Crippen molar-refractivity contribution in [2.45, 2.75) is 38.1 Å². The Morgan fingerprint density at radius 2 is 1.74 bits per heavy atom. The maximum Gasteiger partial charge on any atom is 0.407 e. The van der Waals surface area contributed by atoms with E-state index < -0.39 is 24.0 Å². The first-order valence-electron chi connectivity index (χ1n) is 11.5. The van der Waals surface area contributed by atoms with Crippen molar-refractivity contribution in [3.8, 4) is 11.1 Å². The van der Waals surface area contributed by atoms with Crippen LogP contribution in [0.1, 0.15) is 52.3 Å². The van der Waals surface area contributed by atoms with Crippen molar-refractivity contribution in [3.63, 3.8) is 0 Å². The predicted octanol–water partition coefficient (Wildman–Crippen LogP) is 4.21. The standard InChI is InChI=1S/C26H27N3O5S/c1-2-7-21(25(31)32)29-24(30)22-15-35-23(28-22)12-13-27-26(33)34-14-20-18-10-5-3-8-16(18)17-9-4-6-11-19(17)20/h3-6,8-11,15,20-21H,2,7,12-14H2,1H3,(H,27,33)(H,29,30)(H,31,32)/t21-/m0/s1. The number of carboxylic acids is 1. The number of aromatic nitrogens is 1. The van der Waals surface area contributed by atoms with Crippen molar-refractivity contribution < 1.29 is 24.2 Å². The molecular weight excluding hydrogens is 466 g/mol. The number of nitrogens with zero attached hydrogens (tertiary/aromatic N) is 1. The predicted molar refractivity (Wildman–Crippen MR) is 133 cm³/mol. The first-order chi connectivity index (χ1) is 17.0. The van der Waals surface area contributed by atoms with Gasteiger partial charge < -0.3 is 20.5 Å². The zero-order valence-corrected chi connectivity index (χ0v) is 20.1. The number of rotatable bonds is 10. The highest BCUT2D eigenvalue weighted by Crippen LogP contribution is 2.44. The third-order valence-corrected chi connectivity index (χ3v) is 6.83. The van der Waals surface area contributed by atoms with E-state index in [1.165, 1.54) is 22.5 Å². The van der Waals surface area contributed by atoms with Gasteiger partial charge >= 0.3 is 12.1 Å². The van der Waals surface area contributed by atoms with Gasteiger partial charge in [0.15, 0.2) is 0 Å². The molecule has 1 aromatic heterocycles. The molecular formula is C26H27N3O5S. The third kappa shape index (κ3) is 5.68. The molecule has 0 unspecified atom stereocenters. The second kappa shape index (κ2) is 11.1. The minimum atomic E-state index is -1.07. The lowest BCUT2D eigenvalue weighted by atomic mass is 9.98. The number of aliphatic carboxylic acids is 1.